The van der Waals surface area contributed by atoms with E-state index in [1.807, 2.05) is 12.1 Å². The maximum Gasteiger partial charge on any atom is 0.126 e. The largest absolute Gasteiger partial charge is 0.310 e. The van der Waals surface area contributed by atoms with Crippen molar-refractivity contribution in [2.24, 2.45) is 0 Å². The third-order valence-electron chi connectivity index (χ3n) is 2.96. The predicted octanol–water partition coefficient (Wildman–Crippen LogP) is 5.07. The van der Waals surface area contributed by atoms with Gasteiger partial charge in [0, 0.05) is 23.4 Å². The minimum absolute atomic E-state index is 0.0781. The van der Waals surface area contributed by atoms with Crippen LogP contribution in [0.2, 0.25) is 0 Å². The van der Waals surface area contributed by atoms with Crippen LogP contribution in [0.4, 0.5) is 8.78 Å². The zero-order chi connectivity index (χ0) is 14.5. The van der Waals surface area contributed by atoms with E-state index in [0.717, 1.165) is 29.2 Å². The molecule has 0 spiro atoms. The Morgan fingerprint density at radius 1 is 1.20 bits per heavy atom. The minimum Gasteiger partial charge on any atom is -0.310 e. The normalized spacial score (nSPS) is 12.6. The van der Waals surface area contributed by atoms with Gasteiger partial charge in [0.15, 0.2) is 0 Å². The molecule has 1 unspecified atom stereocenters. The smallest absolute Gasteiger partial charge is 0.126 e. The molecule has 0 fully saturated rings. The maximum atomic E-state index is 13.4. The quantitative estimate of drug-likeness (QED) is 0.758. The second-order valence-corrected chi connectivity index (χ2v) is 7.17. The van der Waals surface area contributed by atoms with Gasteiger partial charge in [0.25, 0.3) is 0 Å². The molecule has 20 heavy (non-hydrogen) atoms. The number of hydrogen-bond donors (Lipinski definition) is 1. The average Bonchev–Trinajstić information content (AvgIpc) is 2.79. The Labute approximate surface area is 130 Å². The monoisotopic (exact) mass is 359 g/mol. The molecule has 0 aliphatic rings. The maximum absolute atomic E-state index is 13.4. The van der Waals surface area contributed by atoms with Crippen LogP contribution in [0, 0.1) is 11.6 Å². The fourth-order valence-electron chi connectivity index (χ4n) is 2.07. The van der Waals surface area contributed by atoms with Crippen LogP contribution in [0.15, 0.2) is 34.1 Å². The van der Waals surface area contributed by atoms with E-state index in [9.17, 15) is 8.78 Å². The lowest BCUT2D eigenvalue weighted by molar-refractivity contribution is 0.517. The highest BCUT2D eigenvalue weighted by Gasteiger charge is 2.15. The summed E-state index contributed by atoms with van der Waals surface area (Å²) in [5, 5.41) is 3.36. The number of nitrogens with one attached hydrogen (secondary N) is 1. The third-order valence-corrected chi connectivity index (χ3v) is 4.61. The van der Waals surface area contributed by atoms with Crippen molar-refractivity contribution >= 4 is 27.3 Å². The molecule has 1 atom stereocenters. The topological polar surface area (TPSA) is 12.0 Å². The Bertz CT molecular complexity index is 551. The van der Waals surface area contributed by atoms with Gasteiger partial charge in [-0.05, 0) is 58.7 Å². The van der Waals surface area contributed by atoms with Crippen LogP contribution in [-0.2, 0) is 6.42 Å². The van der Waals surface area contributed by atoms with Crippen LogP contribution >= 0.6 is 27.3 Å². The molecule has 0 aliphatic heterocycles. The Morgan fingerprint density at radius 2 is 1.90 bits per heavy atom. The first kappa shape index (κ1) is 15.6. The minimum atomic E-state index is -0.532. The summed E-state index contributed by atoms with van der Waals surface area (Å²) in [5.74, 6) is -1.06. The van der Waals surface area contributed by atoms with Crippen molar-refractivity contribution in [3.63, 3.8) is 0 Å². The first-order valence-electron chi connectivity index (χ1n) is 6.52. The summed E-state index contributed by atoms with van der Waals surface area (Å²) in [5.41, 5.74) is 0.653. The van der Waals surface area contributed by atoms with Crippen LogP contribution in [0.3, 0.4) is 0 Å². The summed E-state index contributed by atoms with van der Waals surface area (Å²) in [7, 11) is 0. The van der Waals surface area contributed by atoms with Gasteiger partial charge in [-0.1, -0.05) is 6.92 Å². The Hall–Kier alpha value is -0.780. The van der Waals surface area contributed by atoms with E-state index >= 15 is 0 Å². The summed E-state index contributed by atoms with van der Waals surface area (Å²) in [6.45, 7) is 2.88. The molecule has 0 aliphatic carbocycles. The van der Waals surface area contributed by atoms with Gasteiger partial charge in [-0.25, -0.2) is 8.78 Å². The van der Waals surface area contributed by atoms with E-state index in [-0.39, 0.29) is 6.04 Å². The zero-order valence-electron chi connectivity index (χ0n) is 11.1. The summed E-state index contributed by atoms with van der Waals surface area (Å²) < 4.78 is 27.8. The number of halogens is 3. The van der Waals surface area contributed by atoms with Crippen molar-refractivity contribution in [2.45, 2.75) is 25.8 Å². The molecule has 0 radical (unpaired) electrons. The SMILES string of the molecule is CCCNC(Cc1ccc(Br)s1)c1cc(F)cc(F)c1. The van der Waals surface area contributed by atoms with Gasteiger partial charge in [-0.2, -0.15) is 0 Å². The molecule has 108 valence electrons. The van der Waals surface area contributed by atoms with Crippen LogP contribution in [0.1, 0.15) is 29.8 Å². The molecule has 1 N–H and O–H groups in total. The Balaban J connectivity index is 2.21. The molecule has 2 rings (SSSR count). The van der Waals surface area contributed by atoms with Crippen molar-refractivity contribution in [1.29, 1.82) is 0 Å². The number of thiophene rings is 1. The second kappa shape index (κ2) is 7.29. The lowest BCUT2D eigenvalue weighted by Crippen LogP contribution is -2.24. The van der Waals surface area contributed by atoms with Crippen molar-refractivity contribution in [2.75, 3.05) is 6.54 Å². The predicted molar refractivity (Wildman–Crippen MR) is 83.1 cm³/mol. The Kier molecular flexibility index (Phi) is 5.69. The van der Waals surface area contributed by atoms with E-state index < -0.39 is 11.6 Å². The highest BCUT2D eigenvalue weighted by molar-refractivity contribution is 9.11. The summed E-state index contributed by atoms with van der Waals surface area (Å²) >= 11 is 5.07. The molecule has 5 heteroatoms. The van der Waals surface area contributed by atoms with E-state index in [1.165, 1.54) is 17.0 Å². The Morgan fingerprint density at radius 3 is 2.45 bits per heavy atom. The molecule has 0 amide bonds. The standard InChI is InChI=1S/C15H16BrF2NS/c1-2-5-19-14(9-13-3-4-15(16)20-13)10-6-11(17)8-12(18)7-10/h3-4,6-8,14,19H,2,5,9H2,1H3. The van der Waals surface area contributed by atoms with Crippen LogP contribution in [0.5, 0.6) is 0 Å². The van der Waals surface area contributed by atoms with Crippen LogP contribution in [0.25, 0.3) is 0 Å². The molecule has 1 heterocycles. The van der Waals surface area contributed by atoms with Crippen molar-refractivity contribution in [1.82, 2.24) is 5.32 Å². The van der Waals surface area contributed by atoms with E-state index in [2.05, 4.69) is 28.2 Å². The van der Waals surface area contributed by atoms with Crippen molar-refractivity contribution in [3.8, 4) is 0 Å². The van der Waals surface area contributed by atoms with Gasteiger partial charge in [0.2, 0.25) is 0 Å². The molecule has 0 saturated heterocycles. The molecule has 0 saturated carbocycles. The van der Waals surface area contributed by atoms with E-state index in [4.69, 9.17) is 0 Å². The molecule has 2 aromatic rings. The van der Waals surface area contributed by atoms with Gasteiger partial charge in [0.1, 0.15) is 11.6 Å². The third kappa shape index (κ3) is 4.36. The van der Waals surface area contributed by atoms with E-state index in [1.54, 1.807) is 11.3 Å². The molecular weight excluding hydrogens is 344 g/mol. The summed E-state index contributed by atoms with van der Waals surface area (Å²) in [6.07, 6.45) is 1.70. The van der Waals surface area contributed by atoms with Gasteiger partial charge < -0.3 is 5.32 Å². The molecule has 1 aromatic carbocycles. The fourth-order valence-corrected chi connectivity index (χ4v) is 3.59. The molecule has 0 bridgehead atoms. The number of rotatable bonds is 6. The lowest BCUT2D eigenvalue weighted by Gasteiger charge is -2.18. The van der Waals surface area contributed by atoms with Gasteiger partial charge in [-0.3, -0.25) is 0 Å². The summed E-state index contributed by atoms with van der Waals surface area (Å²) in [4.78, 5) is 1.18. The molecule has 1 nitrogen and oxygen atoms in total. The number of benzene rings is 1. The zero-order valence-corrected chi connectivity index (χ0v) is 13.5. The van der Waals surface area contributed by atoms with Crippen LogP contribution in [-0.4, -0.2) is 6.54 Å². The average molecular weight is 360 g/mol. The fraction of sp³-hybridized carbons (Fsp3) is 0.333. The first-order chi connectivity index (χ1) is 9.58. The van der Waals surface area contributed by atoms with Gasteiger partial charge in [0.05, 0.1) is 3.79 Å². The van der Waals surface area contributed by atoms with Crippen LogP contribution < -0.4 is 5.32 Å². The lowest BCUT2D eigenvalue weighted by atomic mass is 10.0. The second-order valence-electron chi connectivity index (χ2n) is 4.62. The van der Waals surface area contributed by atoms with E-state index in [0.29, 0.717) is 5.56 Å². The van der Waals surface area contributed by atoms with Gasteiger partial charge >= 0.3 is 0 Å². The first-order valence-corrected chi connectivity index (χ1v) is 8.13. The highest BCUT2D eigenvalue weighted by Crippen LogP contribution is 2.27. The molecular formula is C15H16BrF2NS. The van der Waals surface area contributed by atoms with Crippen molar-refractivity contribution < 1.29 is 8.78 Å². The highest BCUT2D eigenvalue weighted by atomic mass is 79.9. The van der Waals surface area contributed by atoms with Crippen molar-refractivity contribution in [3.05, 3.63) is 56.2 Å². The van der Waals surface area contributed by atoms with Gasteiger partial charge in [-0.15, -0.1) is 11.3 Å². The number of hydrogen-bond acceptors (Lipinski definition) is 2. The summed E-state index contributed by atoms with van der Waals surface area (Å²) in [6, 6.07) is 7.65. The molecule has 1 aromatic heterocycles.